The molecule has 4 aliphatic rings. The van der Waals surface area contributed by atoms with Crippen LogP contribution in [0.4, 0.5) is 11.4 Å². The van der Waals surface area contributed by atoms with Crippen molar-refractivity contribution in [3.8, 4) is 22.3 Å². The zero-order valence-electron chi connectivity index (χ0n) is 28.9. The van der Waals surface area contributed by atoms with Crippen molar-refractivity contribution < 1.29 is 0 Å². The normalized spacial score (nSPS) is 24.4. The maximum Gasteiger partial charge on any atom is 0.0537 e. The molecular formula is C50H43N. The van der Waals surface area contributed by atoms with Crippen LogP contribution in [0, 0.1) is 29.6 Å². The molecule has 0 radical (unpaired) electrons. The first-order valence-electron chi connectivity index (χ1n) is 18.6. The monoisotopic (exact) mass is 657 g/mol. The second-order valence-corrected chi connectivity index (χ2v) is 14.4. The van der Waals surface area contributed by atoms with E-state index in [-0.39, 0.29) is 5.92 Å². The Balaban J connectivity index is 1.25. The Morgan fingerprint density at radius 3 is 1.92 bits per heavy atom. The minimum atomic E-state index is 0.176. The first kappa shape index (κ1) is 31.3. The minimum Gasteiger partial charge on any atom is -0.313 e. The average Bonchev–Trinajstić information content (AvgIpc) is 3.20. The molecule has 6 unspecified atom stereocenters. The number of nitrogens with zero attached hydrogens (tertiary/aromatic N) is 1. The lowest BCUT2D eigenvalue weighted by atomic mass is 9.64. The highest BCUT2D eigenvalue weighted by Crippen LogP contribution is 2.51. The fourth-order valence-electron chi connectivity index (χ4n) is 9.16. The van der Waals surface area contributed by atoms with Crippen LogP contribution < -0.4 is 4.90 Å². The van der Waals surface area contributed by atoms with E-state index in [0.717, 1.165) is 12.8 Å². The molecule has 6 atom stereocenters. The number of allylic oxidation sites excluding steroid dienone is 12. The number of hydrogen-bond acceptors (Lipinski definition) is 1. The number of hydrogen-bond donors (Lipinski definition) is 0. The fraction of sp³-hybridized carbons (Fsp3) is 0.160. The SMILES string of the molecule is C1=CC2CC3C=CC=CC3C3C=CC=CC3Cc3ccccc3C2C(N(c2cccc(-c3ccccc3)c2)c2ccccc2-c2ccccc2)=C1. The van der Waals surface area contributed by atoms with E-state index in [4.69, 9.17) is 0 Å². The summed E-state index contributed by atoms with van der Waals surface area (Å²) in [6.07, 6.45) is 28.4. The van der Waals surface area contributed by atoms with Gasteiger partial charge in [-0.15, -0.1) is 0 Å². The molecule has 1 heteroatoms. The van der Waals surface area contributed by atoms with Gasteiger partial charge >= 0.3 is 0 Å². The van der Waals surface area contributed by atoms with Gasteiger partial charge in [0.05, 0.1) is 5.69 Å². The van der Waals surface area contributed by atoms with Crippen LogP contribution in [0.3, 0.4) is 0 Å². The molecule has 5 aromatic rings. The lowest BCUT2D eigenvalue weighted by Gasteiger charge is -2.43. The maximum absolute atomic E-state index is 2.58. The molecular weight excluding hydrogens is 615 g/mol. The van der Waals surface area contributed by atoms with Crippen LogP contribution >= 0.6 is 0 Å². The van der Waals surface area contributed by atoms with Crippen molar-refractivity contribution >= 4 is 11.4 Å². The molecule has 0 fully saturated rings. The third-order valence-electron chi connectivity index (χ3n) is 11.5. The van der Waals surface area contributed by atoms with Crippen LogP contribution in [-0.4, -0.2) is 0 Å². The second-order valence-electron chi connectivity index (χ2n) is 14.4. The van der Waals surface area contributed by atoms with Gasteiger partial charge < -0.3 is 4.90 Å². The maximum atomic E-state index is 2.58. The quantitative estimate of drug-likeness (QED) is 0.182. The molecule has 0 saturated heterocycles. The number of fused-ring (bicyclic) bond motifs is 6. The molecule has 0 N–H and O–H groups in total. The van der Waals surface area contributed by atoms with Gasteiger partial charge in [0.1, 0.15) is 0 Å². The summed E-state index contributed by atoms with van der Waals surface area (Å²) in [6.45, 7) is 0. The highest BCUT2D eigenvalue weighted by atomic mass is 15.2. The van der Waals surface area contributed by atoms with Crippen LogP contribution in [0.15, 0.2) is 206 Å². The molecule has 0 bridgehead atoms. The number of anilines is 2. The lowest BCUT2D eigenvalue weighted by Crippen LogP contribution is -2.34. The van der Waals surface area contributed by atoms with Gasteiger partial charge in [-0.2, -0.15) is 0 Å². The van der Waals surface area contributed by atoms with E-state index in [1.165, 1.54) is 50.5 Å². The Morgan fingerprint density at radius 1 is 0.471 bits per heavy atom. The van der Waals surface area contributed by atoms with Crippen molar-refractivity contribution in [3.63, 3.8) is 0 Å². The van der Waals surface area contributed by atoms with E-state index in [1.807, 2.05) is 0 Å². The van der Waals surface area contributed by atoms with E-state index in [1.54, 1.807) is 0 Å². The molecule has 0 heterocycles. The highest BCUT2D eigenvalue weighted by molar-refractivity contribution is 5.86. The van der Waals surface area contributed by atoms with Gasteiger partial charge in [-0.3, -0.25) is 0 Å². The van der Waals surface area contributed by atoms with E-state index in [9.17, 15) is 0 Å². The summed E-state index contributed by atoms with van der Waals surface area (Å²) in [5, 5.41) is 0. The third kappa shape index (κ3) is 6.08. The van der Waals surface area contributed by atoms with Crippen LogP contribution in [0.2, 0.25) is 0 Å². The Bertz CT molecular complexity index is 2200. The van der Waals surface area contributed by atoms with Crippen LogP contribution in [-0.2, 0) is 6.42 Å². The zero-order chi connectivity index (χ0) is 34.0. The molecule has 248 valence electrons. The first-order chi connectivity index (χ1) is 25.3. The molecule has 9 rings (SSSR count). The molecule has 0 aliphatic heterocycles. The minimum absolute atomic E-state index is 0.176. The summed E-state index contributed by atoms with van der Waals surface area (Å²) >= 11 is 0. The van der Waals surface area contributed by atoms with Crippen molar-refractivity contribution in [2.75, 3.05) is 4.90 Å². The van der Waals surface area contributed by atoms with Gasteiger partial charge in [0, 0.05) is 22.9 Å². The van der Waals surface area contributed by atoms with Gasteiger partial charge in [-0.1, -0.05) is 176 Å². The van der Waals surface area contributed by atoms with E-state index in [2.05, 4.69) is 205 Å². The molecule has 5 aromatic carbocycles. The van der Waals surface area contributed by atoms with Crippen molar-refractivity contribution in [2.45, 2.75) is 18.8 Å². The smallest absolute Gasteiger partial charge is 0.0537 e. The van der Waals surface area contributed by atoms with Crippen molar-refractivity contribution in [1.29, 1.82) is 0 Å². The number of rotatable bonds is 5. The van der Waals surface area contributed by atoms with E-state index in [0.29, 0.717) is 29.6 Å². The Hall–Kier alpha value is -5.66. The summed E-state index contributed by atoms with van der Waals surface area (Å²) in [5.41, 5.74) is 11.5. The molecule has 1 nitrogen and oxygen atoms in total. The first-order valence-corrected chi connectivity index (χ1v) is 18.6. The Kier molecular flexibility index (Phi) is 8.55. The predicted octanol–water partition coefficient (Wildman–Crippen LogP) is 12.7. The summed E-state index contributed by atoms with van der Waals surface area (Å²) in [5.74, 6) is 2.40. The Labute approximate surface area is 303 Å². The van der Waals surface area contributed by atoms with Crippen LogP contribution in [0.5, 0.6) is 0 Å². The standard InChI is InChI=1S/C50H43N/c1-3-17-36(18-4-1)38-24-15-26-43(35-38)51(48-31-14-13-29-46(48)37-19-5-2-6-20-37)49-32-16-25-42-34-40-22-8-11-28-45(40)44-27-10-7-21-39(44)33-41-23-9-12-30-47(41)50(42)49/h1-32,35,39-40,42,44-45,50H,33-34H2. The number of benzene rings is 5. The topological polar surface area (TPSA) is 3.24 Å². The van der Waals surface area contributed by atoms with Crippen molar-refractivity contribution in [3.05, 3.63) is 217 Å². The van der Waals surface area contributed by atoms with Crippen molar-refractivity contribution in [2.24, 2.45) is 29.6 Å². The van der Waals surface area contributed by atoms with Gasteiger partial charge in [-0.25, -0.2) is 0 Å². The largest absolute Gasteiger partial charge is 0.313 e. The second kappa shape index (κ2) is 13.9. The van der Waals surface area contributed by atoms with Gasteiger partial charge in [0.2, 0.25) is 0 Å². The summed E-state index contributed by atoms with van der Waals surface area (Å²) in [4.78, 5) is 2.58. The third-order valence-corrected chi connectivity index (χ3v) is 11.5. The average molecular weight is 658 g/mol. The summed E-state index contributed by atoms with van der Waals surface area (Å²) < 4.78 is 0. The van der Waals surface area contributed by atoms with Crippen LogP contribution in [0.1, 0.15) is 23.5 Å². The van der Waals surface area contributed by atoms with E-state index < -0.39 is 0 Å². The molecule has 51 heavy (non-hydrogen) atoms. The van der Waals surface area contributed by atoms with E-state index >= 15 is 0 Å². The van der Waals surface area contributed by atoms with Gasteiger partial charge in [-0.05, 0) is 94.5 Å². The molecule has 0 aromatic heterocycles. The molecule has 0 amide bonds. The summed E-state index contributed by atoms with van der Waals surface area (Å²) in [7, 11) is 0. The molecule has 0 spiro atoms. The molecule has 4 aliphatic carbocycles. The van der Waals surface area contributed by atoms with Gasteiger partial charge in [0.25, 0.3) is 0 Å². The van der Waals surface area contributed by atoms with Crippen molar-refractivity contribution in [1.82, 2.24) is 0 Å². The van der Waals surface area contributed by atoms with Crippen LogP contribution in [0.25, 0.3) is 22.3 Å². The fourth-order valence-corrected chi connectivity index (χ4v) is 9.16. The highest BCUT2D eigenvalue weighted by Gasteiger charge is 2.40. The number of para-hydroxylation sites is 1. The van der Waals surface area contributed by atoms with Gasteiger partial charge in [0.15, 0.2) is 0 Å². The predicted molar refractivity (Wildman–Crippen MR) is 215 cm³/mol. The zero-order valence-corrected chi connectivity index (χ0v) is 28.9. The lowest BCUT2D eigenvalue weighted by molar-refractivity contribution is 0.263. The molecule has 0 saturated carbocycles. The Morgan fingerprint density at radius 2 is 1.10 bits per heavy atom. The summed E-state index contributed by atoms with van der Waals surface area (Å²) in [6, 6.07) is 49.1.